The molecule has 0 aliphatic carbocycles. The molecule has 0 fully saturated rings. The Bertz CT molecular complexity index is 920. The van der Waals surface area contributed by atoms with Crippen molar-refractivity contribution in [1.29, 1.82) is 0 Å². The summed E-state index contributed by atoms with van der Waals surface area (Å²) < 4.78 is 77.6. The standard InChI is InChI=1S/C21H18F6N2O2/c22-20(23,24)15-9-14(10-16(12-15)21(25,26)27)11-18(30)29-17(19(28)31)8-4-7-13-5-2-1-3-6-13/h1-7,9-10,12,17H,8,11H2,(H2,28,31)(H,29,30)/b7-4+/t17-/m1/s1. The SMILES string of the molecule is NC(=O)[C@@H](C/C=C/c1ccccc1)NC(=O)Cc1cc(C(F)(F)F)cc(C(F)(F)F)c1. The monoisotopic (exact) mass is 444 g/mol. The smallest absolute Gasteiger partial charge is 0.368 e. The molecule has 0 spiro atoms. The molecule has 0 unspecified atom stereocenters. The van der Waals surface area contributed by atoms with Gasteiger partial charge in [-0.05, 0) is 35.7 Å². The summed E-state index contributed by atoms with van der Waals surface area (Å²) in [6.07, 6.45) is -7.61. The molecule has 0 heterocycles. The maximum atomic E-state index is 12.9. The minimum atomic E-state index is -5.02. The molecule has 4 nitrogen and oxygen atoms in total. The largest absolute Gasteiger partial charge is 0.416 e. The molecule has 2 aromatic rings. The lowest BCUT2D eigenvalue weighted by molar-refractivity contribution is -0.143. The number of hydrogen-bond acceptors (Lipinski definition) is 2. The van der Waals surface area contributed by atoms with Crippen molar-refractivity contribution in [1.82, 2.24) is 5.32 Å². The van der Waals surface area contributed by atoms with E-state index in [4.69, 9.17) is 5.73 Å². The van der Waals surface area contributed by atoms with Gasteiger partial charge in [0.15, 0.2) is 0 Å². The van der Waals surface area contributed by atoms with Crippen LogP contribution >= 0.6 is 0 Å². The number of nitrogens with two attached hydrogens (primary N) is 1. The lowest BCUT2D eigenvalue weighted by Crippen LogP contribution is -2.44. The van der Waals surface area contributed by atoms with Gasteiger partial charge in [0.25, 0.3) is 0 Å². The topological polar surface area (TPSA) is 72.2 Å². The summed E-state index contributed by atoms with van der Waals surface area (Å²) in [6, 6.07) is 8.69. The molecule has 2 rings (SSSR count). The predicted octanol–water partition coefficient (Wildman–Crippen LogP) is 4.34. The van der Waals surface area contributed by atoms with Gasteiger partial charge in [-0.1, -0.05) is 42.5 Å². The van der Waals surface area contributed by atoms with Crippen molar-refractivity contribution in [2.24, 2.45) is 5.73 Å². The van der Waals surface area contributed by atoms with E-state index in [0.29, 0.717) is 12.1 Å². The third-order valence-corrected chi connectivity index (χ3v) is 4.17. The Kier molecular flexibility index (Phi) is 7.48. The summed E-state index contributed by atoms with van der Waals surface area (Å²) in [4.78, 5) is 23.8. The highest BCUT2D eigenvalue weighted by molar-refractivity contribution is 5.87. The minimum Gasteiger partial charge on any atom is -0.368 e. The molecule has 2 amide bonds. The van der Waals surface area contributed by atoms with E-state index < -0.39 is 53.3 Å². The van der Waals surface area contributed by atoms with Crippen LogP contribution in [0.1, 0.15) is 28.7 Å². The first-order valence-electron chi connectivity index (χ1n) is 8.95. The molecule has 3 N–H and O–H groups in total. The second-order valence-electron chi connectivity index (χ2n) is 6.66. The van der Waals surface area contributed by atoms with Gasteiger partial charge >= 0.3 is 12.4 Å². The van der Waals surface area contributed by atoms with E-state index in [1.807, 2.05) is 6.07 Å². The highest BCUT2D eigenvalue weighted by Gasteiger charge is 2.37. The number of alkyl halides is 6. The molecule has 0 aliphatic heterocycles. The molecule has 31 heavy (non-hydrogen) atoms. The third kappa shape index (κ3) is 7.47. The first-order valence-corrected chi connectivity index (χ1v) is 8.95. The number of carbonyl (C=O) groups is 2. The van der Waals surface area contributed by atoms with Gasteiger partial charge < -0.3 is 11.1 Å². The second kappa shape index (κ2) is 9.67. The number of hydrogen-bond donors (Lipinski definition) is 2. The molecule has 0 saturated carbocycles. The van der Waals surface area contributed by atoms with Crippen LogP contribution in [0, 0.1) is 0 Å². The zero-order valence-electron chi connectivity index (χ0n) is 15.9. The van der Waals surface area contributed by atoms with E-state index in [-0.39, 0.29) is 12.5 Å². The third-order valence-electron chi connectivity index (χ3n) is 4.17. The molecule has 2 aromatic carbocycles. The summed E-state index contributed by atoms with van der Waals surface area (Å²) in [5, 5.41) is 2.24. The highest BCUT2D eigenvalue weighted by Crippen LogP contribution is 2.36. The van der Waals surface area contributed by atoms with Crippen LogP contribution in [-0.2, 0) is 28.4 Å². The van der Waals surface area contributed by atoms with Gasteiger partial charge in [-0.3, -0.25) is 9.59 Å². The van der Waals surface area contributed by atoms with Gasteiger partial charge in [0.1, 0.15) is 6.04 Å². The van der Waals surface area contributed by atoms with Crippen molar-refractivity contribution in [2.45, 2.75) is 31.2 Å². The van der Waals surface area contributed by atoms with Crippen LogP contribution in [0.3, 0.4) is 0 Å². The summed E-state index contributed by atoms with van der Waals surface area (Å²) in [5.74, 6) is -1.84. The van der Waals surface area contributed by atoms with Crippen molar-refractivity contribution in [2.75, 3.05) is 0 Å². The molecule has 10 heteroatoms. The Hall–Kier alpha value is -3.30. The summed E-state index contributed by atoms with van der Waals surface area (Å²) >= 11 is 0. The van der Waals surface area contributed by atoms with E-state index in [1.165, 1.54) is 0 Å². The zero-order chi connectivity index (χ0) is 23.2. The van der Waals surface area contributed by atoms with Crippen LogP contribution in [0.4, 0.5) is 26.3 Å². The fourth-order valence-corrected chi connectivity index (χ4v) is 2.70. The molecule has 1 atom stereocenters. The lowest BCUT2D eigenvalue weighted by atomic mass is 10.0. The van der Waals surface area contributed by atoms with Crippen LogP contribution in [0.25, 0.3) is 6.08 Å². The van der Waals surface area contributed by atoms with Crippen LogP contribution < -0.4 is 11.1 Å². The van der Waals surface area contributed by atoms with E-state index in [1.54, 1.807) is 36.4 Å². The van der Waals surface area contributed by atoms with E-state index in [9.17, 15) is 35.9 Å². The van der Waals surface area contributed by atoms with Crippen LogP contribution in [0.5, 0.6) is 0 Å². The lowest BCUT2D eigenvalue weighted by Gasteiger charge is -2.16. The van der Waals surface area contributed by atoms with Crippen molar-refractivity contribution in [3.8, 4) is 0 Å². The number of halogens is 6. The van der Waals surface area contributed by atoms with Crippen LogP contribution in [-0.4, -0.2) is 17.9 Å². The first-order chi connectivity index (χ1) is 14.4. The molecule has 0 aromatic heterocycles. The molecule has 0 saturated heterocycles. The van der Waals surface area contributed by atoms with Gasteiger partial charge in [0.2, 0.25) is 11.8 Å². The molecule has 0 radical (unpaired) electrons. The average Bonchev–Trinajstić information content (AvgIpc) is 2.66. The maximum absolute atomic E-state index is 12.9. The van der Waals surface area contributed by atoms with Gasteiger partial charge in [-0.2, -0.15) is 26.3 Å². The van der Waals surface area contributed by atoms with Gasteiger partial charge in [-0.15, -0.1) is 0 Å². The first kappa shape index (κ1) is 24.0. The van der Waals surface area contributed by atoms with E-state index in [2.05, 4.69) is 5.32 Å². The van der Waals surface area contributed by atoms with Crippen molar-refractivity contribution in [3.63, 3.8) is 0 Å². The number of nitrogens with one attached hydrogen (secondary N) is 1. The molecule has 0 aliphatic rings. The molecule has 0 bridgehead atoms. The van der Waals surface area contributed by atoms with Gasteiger partial charge in [-0.25, -0.2) is 0 Å². The number of rotatable bonds is 7. The van der Waals surface area contributed by atoms with E-state index in [0.717, 1.165) is 5.56 Å². The maximum Gasteiger partial charge on any atom is 0.416 e. The Morgan fingerprint density at radius 3 is 1.97 bits per heavy atom. The van der Waals surface area contributed by atoms with Gasteiger partial charge in [0, 0.05) is 0 Å². The zero-order valence-corrected chi connectivity index (χ0v) is 15.9. The number of amides is 2. The van der Waals surface area contributed by atoms with Crippen molar-refractivity contribution in [3.05, 3.63) is 76.9 Å². The Morgan fingerprint density at radius 2 is 1.48 bits per heavy atom. The minimum absolute atomic E-state index is 0.00758. The number of benzene rings is 2. The van der Waals surface area contributed by atoms with E-state index >= 15 is 0 Å². The van der Waals surface area contributed by atoms with Crippen molar-refractivity contribution < 1.29 is 35.9 Å². The second-order valence-corrected chi connectivity index (χ2v) is 6.66. The molecule has 166 valence electrons. The fourth-order valence-electron chi connectivity index (χ4n) is 2.70. The summed E-state index contributed by atoms with van der Waals surface area (Å²) in [6.45, 7) is 0. The fraction of sp³-hybridized carbons (Fsp3) is 0.238. The Balaban J connectivity index is 2.13. The molecular weight excluding hydrogens is 426 g/mol. The number of carbonyl (C=O) groups excluding carboxylic acids is 2. The predicted molar refractivity (Wildman–Crippen MR) is 101 cm³/mol. The Labute approximate surface area is 173 Å². The van der Waals surface area contributed by atoms with Crippen LogP contribution in [0.2, 0.25) is 0 Å². The highest BCUT2D eigenvalue weighted by atomic mass is 19.4. The quantitative estimate of drug-likeness (QED) is 0.624. The molecular formula is C21H18F6N2O2. The van der Waals surface area contributed by atoms with Crippen molar-refractivity contribution >= 4 is 17.9 Å². The summed E-state index contributed by atoms with van der Waals surface area (Å²) in [7, 11) is 0. The van der Waals surface area contributed by atoms with Crippen LogP contribution in [0.15, 0.2) is 54.6 Å². The average molecular weight is 444 g/mol. The summed E-state index contributed by atoms with van der Waals surface area (Å²) in [5.41, 5.74) is 2.51. The number of primary amides is 1. The Morgan fingerprint density at radius 1 is 0.935 bits per heavy atom. The normalized spacial score (nSPS) is 13.2. The van der Waals surface area contributed by atoms with Gasteiger partial charge in [0.05, 0.1) is 17.5 Å².